The van der Waals surface area contributed by atoms with Gasteiger partial charge in [-0.15, -0.1) is 0 Å². The van der Waals surface area contributed by atoms with Crippen molar-refractivity contribution in [1.82, 2.24) is 35.5 Å². The van der Waals surface area contributed by atoms with Crippen molar-refractivity contribution in [3.05, 3.63) is 267 Å². The highest BCUT2D eigenvalue weighted by Crippen LogP contribution is 2.50. The van der Waals surface area contributed by atoms with Crippen LogP contribution in [0.1, 0.15) is 226 Å². The number of amides is 4. The van der Waals surface area contributed by atoms with Crippen LogP contribution in [0.4, 0.5) is 19.2 Å². The van der Waals surface area contributed by atoms with Crippen molar-refractivity contribution in [3.8, 4) is 35.1 Å². The molecule has 33 nitrogen and oxygen atoms in total. The smallest absolute Gasteiger partial charge is 0.414 e. The minimum Gasteiger partial charge on any atom is -0.497 e. The Morgan fingerprint density at radius 2 is 0.694 bits per heavy atom. The number of guanidine groups is 2. The number of nitrogens with zero attached hydrogens (tertiary/aromatic N) is 11. The van der Waals surface area contributed by atoms with Gasteiger partial charge in [-0.2, -0.15) is 10.5 Å². The molecule has 0 radical (unpaired) electrons. The summed E-state index contributed by atoms with van der Waals surface area (Å²) in [5.41, 5.74) is 3.45. The summed E-state index contributed by atoms with van der Waals surface area (Å²) in [6.07, 6.45) is 7.25. The van der Waals surface area contributed by atoms with Crippen LogP contribution in [0, 0.1) is 49.0 Å². The lowest BCUT2D eigenvalue weighted by Crippen LogP contribution is -2.44. The molecule has 35 heteroatoms. The SMILES string of the molecule is CCN(C(C)C)C(C)C.[C-]#[N+]CCOC(=O)NC(=NCCCCCCCCC(COC(c1ccccc1)(c1ccc(OC)cc1)c1ccc(OC)cc1)OP(OCC[N+]#[C-])N(C(C)C)C(C)C)NC(=O)OCCC#N.[C-]#[N+]CCOC(=O)NC(=NCCCCCCCCC(O)COC(c1ccccc1)(c1ccc(OC)cc1)c1ccc(OC)cc1)NC(=O)OCCC#N.[C-]#[N+]CCOP(c1ccccc1)N(C(C)C)C(C)C. The highest BCUT2D eigenvalue weighted by Gasteiger charge is 2.42. The van der Waals surface area contributed by atoms with E-state index in [4.69, 9.17) is 97.8 Å². The van der Waals surface area contributed by atoms with Crippen molar-refractivity contribution in [1.29, 1.82) is 10.5 Å². The van der Waals surface area contributed by atoms with Crippen molar-refractivity contribution in [2.75, 3.05) is 127 Å². The van der Waals surface area contributed by atoms with Crippen molar-refractivity contribution >= 4 is 58.4 Å². The molecule has 0 aliphatic rings. The summed E-state index contributed by atoms with van der Waals surface area (Å²) >= 11 is 0. The number of alkyl carbamates (subject to hydrolysis) is 4. The van der Waals surface area contributed by atoms with Gasteiger partial charge >= 0.3 is 24.4 Å². The van der Waals surface area contributed by atoms with Gasteiger partial charge in [-0.3, -0.25) is 40.8 Å². The molecule has 0 aliphatic carbocycles. The maximum absolute atomic E-state index is 12.2. The molecule has 0 saturated heterocycles. The molecule has 7 rings (SSSR count). The molecule has 4 amide bonds. The third kappa shape index (κ3) is 48.0. The van der Waals surface area contributed by atoms with Crippen molar-refractivity contribution in [2.45, 2.75) is 252 Å². The fourth-order valence-electron chi connectivity index (χ4n) is 15.9. The van der Waals surface area contributed by atoms with Crippen molar-refractivity contribution in [2.24, 2.45) is 9.98 Å². The molecule has 7 aromatic carbocycles. The van der Waals surface area contributed by atoms with E-state index in [1.807, 2.05) is 176 Å². The Kier molecular flexibility index (Phi) is 65.0. The molecule has 7 aromatic rings. The number of hydrogen-bond acceptors (Lipinski definition) is 25. The summed E-state index contributed by atoms with van der Waals surface area (Å²) in [7, 11) is 4.17. The molecule has 0 heterocycles. The Morgan fingerprint density at radius 3 is 1.01 bits per heavy atom. The van der Waals surface area contributed by atoms with E-state index >= 15 is 0 Å². The van der Waals surface area contributed by atoms with Crippen LogP contribution in [0.5, 0.6) is 23.0 Å². The first-order valence-corrected chi connectivity index (χ1v) is 52.9. The molecule has 0 spiro atoms. The molecule has 5 N–H and O–H groups in total. The van der Waals surface area contributed by atoms with Crippen LogP contribution in [-0.2, 0) is 53.2 Å². The Balaban J connectivity index is 0.000000489. The van der Waals surface area contributed by atoms with Crippen LogP contribution in [0.2, 0.25) is 0 Å². The topological polar surface area (TPSA) is 356 Å². The van der Waals surface area contributed by atoms with Gasteiger partial charge in [0.2, 0.25) is 38.1 Å². The largest absolute Gasteiger partial charge is 0.497 e. The average molecular weight is 2060 g/mol. The zero-order chi connectivity index (χ0) is 108. The van der Waals surface area contributed by atoms with Gasteiger partial charge in [-0.1, -0.05) is 211 Å². The zero-order valence-corrected chi connectivity index (χ0v) is 90.9. The van der Waals surface area contributed by atoms with Gasteiger partial charge in [0.15, 0.2) is 13.2 Å². The molecule has 0 bridgehead atoms. The lowest BCUT2D eigenvalue weighted by molar-refractivity contribution is -0.0406. The third-order valence-electron chi connectivity index (χ3n) is 22.6. The summed E-state index contributed by atoms with van der Waals surface area (Å²) < 4.78 is 79.8. The van der Waals surface area contributed by atoms with Crippen LogP contribution in [0.15, 0.2) is 198 Å². The number of aliphatic hydroxyl groups is 1. The number of ether oxygens (including phenoxy) is 10. The van der Waals surface area contributed by atoms with Gasteiger partial charge in [0.25, 0.3) is 8.53 Å². The Hall–Kier alpha value is -12.4. The number of carbonyl (C=O) groups is 4. The summed E-state index contributed by atoms with van der Waals surface area (Å²) in [4.78, 5) is 72.6. The minimum absolute atomic E-state index is 0.00391. The fourth-order valence-corrected chi connectivity index (χ4v) is 19.7. The zero-order valence-electron chi connectivity index (χ0n) is 89.1. The summed E-state index contributed by atoms with van der Waals surface area (Å²) in [6.45, 7) is 59.5. The number of unbranched alkanes of at least 4 members (excludes halogenated alkanes) is 10. The van der Waals surface area contributed by atoms with Gasteiger partial charge in [0.05, 0.1) is 78.8 Å². The predicted octanol–water partition coefficient (Wildman–Crippen LogP) is 22.6. The summed E-state index contributed by atoms with van der Waals surface area (Å²) in [5.74, 6) is 2.64. The predicted molar refractivity (Wildman–Crippen MR) is 580 cm³/mol. The van der Waals surface area contributed by atoms with Crippen molar-refractivity contribution in [3.63, 3.8) is 0 Å². The first-order valence-electron chi connectivity index (χ1n) is 50.5. The van der Waals surface area contributed by atoms with Gasteiger partial charge in [-0.25, -0.2) is 50.1 Å². The number of hydrogen-bond donors (Lipinski definition) is 5. The van der Waals surface area contributed by atoms with Gasteiger partial charge < -0.3 is 85.4 Å². The van der Waals surface area contributed by atoms with E-state index in [1.165, 1.54) is 5.30 Å². The van der Waals surface area contributed by atoms with Crippen LogP contribution in [0.3, 0.4) is 0 Å². The number of aliphatic hydroxyl groups excluding tert-OH is 1. The normalized spacial score (nSPS) is 12.2. The molecule has 4 unspecified atom stereocenters. The molecule has 0 aromatic heterocycles. The number of nitrogens with one attached hydrogen (secondary N) is 4. The van der Waals surface area contributed by atoms with Crippen molar-refractivity contribution < 1.29 is 85.2 Å². The van der Waals surface area contributed by atoms with Crippen LogP contribution in [0.25, 0.3) is 19.4 Å². The van der Waals surface area contributed by atoms with E-state index in [9.17, 15) is 24.3 Å². The molecular weight excluding hydrogens is 1910 g/mol. The van der Waals surface area contributed by atoms with Gasteiger partial charge in [-0.05, 0) is 197 Å². The molecular formula is C112H157N15O18P2. The first-order chi connectivity index (χ1) is 71.0. The van der Waals surface area contributed by atoms with Gasteiger partial charge in [0.1, 0.15) is 68.9 Å². The highest BCUT2D eigenvalue weighted by molar-refractivity contribution is 7.58. The molecule has 798 valence electrons. The number of carbonyl (C=O) groups excluding carboxylic acids is 4. The van der Waals surface area contributed by atoms with E-state index in [0.717, 1.165) is 127 Å². The summed E-state index contributed by atoms with van der Waals surface area (Å²) in [6, 6.07) is 68.1. The lowest BCUT2D eigenvalue weighted by atomic mass is 9.80. The van der Waals surface area contributed by atoms with Crippen LogP contribution in [-0.4, -0.2) is 231 Å². The standard InChI is InChI=1S/C49H66N7O9P.C40H49N5O8.C15H23N2OP.C8H19N/c1-38(2)56(39(3)4)66(64-36-33-52-6)65-45(21-16-11-9-10-12-17-31-53-46(54-47(57)61-34-18-30-50)55-48(58)62-35-32-51-5)37-63-49(40-19-14-13-15-20-40,41-22-26-43(59-7)27-23-41)42-24-28-44(60-8)29-25-42;1-42-27-29-52-39(48)45-37(44-38(47)51-28-13-25-41)43-26-12-7-5-4-6-11-16-34(46)30-53-40(31-14-9-8-10-15-31,32-17-21-35(49-2)22-18-32)33-19-23-36(50-3)24-20-33;1-13(2)17(14(3)4)19(18-12-11-16-5)15-9-7-6-8-10-15;1-6-9(7(2)3)8(4)5/h13-15,19-20,22-29,38-39,45H,9-12,16-18,21,31-37H2,1-4,7-8H3,(H2,53,54,55,57,58);8-10,14-15,17-24,34,46H,4-7,11-13,16,26-30H2,2-3H3,(H2,43,44,45,47,48);6-10,13-14H,11-12H2,1-4H3;7-8H,6H2,1-5H3. The number of aliphatic imine (C=N–C) groups is 2. The third-order valence-corrected chi connectivity index (χ3v) is 27.3. The van der Waals surface area contributed by atoms with E-state index in [1.54, 1.807) is 28.4 Å². The molecule has 0 fully saturated rings. The van der Waals surface area contributed by atoms with E-state index in [2.05, 4.69) is 179 Å². The second-order valence-corrected chi connectivity index (χ2v) is 38.5. The van der Waals surface area contributed by atoms with E-state index in [0.29, 0.717) is 76.1 Å². The fraction of sp³-hybridized carbons (Fsp3) is 0.518. The number of rotatable bonds is 60. The molecule has 4 atom stereocenters. The second-order valence-electron chi connectivity index (χ2n) is 35.3. The monoisotopic (exact) mass is 2060 g/mol. The Morgan fingerprint density at radius 1 is 0.388 bits per heavy atom. The Bertz CT molecular complexity index is 4940. The van der Waals surface area contributed by atoms with E-state index in [-0.39, 0.29) is 109 Å². The average Bonchev–Trinajstić information content (AvgIpc) is 0.756. The quantitative estimate of drug-likeness (QED) is 0.00449. The molecule has 0 aliphatic heterocycles. The van der Waals surface area contributed by atoms with E-state index < -0.39 is 58.5 Å². The summed E-state index contributed by atoms with van der Waals surface area (Å²) in [5, 5.41) is 39.1. The maximum atomic E-state index is 12.2. The number of benzene rings is 7. The van der Waals surface area contributed by atoms with Gasteiger partial charge in [0, 0.05) is 54.6 Å². The minimum atomic E-state index is -1.57. The Labute approximate surface area is 876 Å². The highest BCUT2D eigenvalue weighted by atomic mass is 31.2. The van der Waals surface area contributed by atoms with Crippen LogP contribution >= 0.6 is 16.8 Å². The second kappa shape index (κ2) is 75.3. The number of nitriles is 2. The first kappa shape index (κ1) is 127. The molecule has 0 saturated carbocycles. The maximum Gasteiger partial charge on any atom is 0.414 e. The number of methoxy groups -OCH3 is 4. The lowest BCUT2D eigenvalue weighted by Gasteiger charge is -2.39. The molecule has 147 heavy (non-hydrogen) atoms. The van der Waals surface area contributed by atoms with Crippen LogP contribution < -0.4 is 45.5 Å².